The van der Waals surface area contributed by atoms with Gasteiger partial charge in [0.2, 0.25) is 5.91 Å². The highest BCUT2D eigenvalue weighted by molar-refractivity contribution is 7.55. The molecule has 1 aromatic heterocycles. The first-order chi connectivity index (χ1) is 16.9. The van der Waals surface area contributed by atoms with Gasteiger partial charge in [0, 0.05) is 24.5 Å². The number of amides is 1. The largest absolute Gasteiger partial charge is 0.487 e. The third kappa shape index (κ3) is 12.7. The molecule has 0 saturated carbocycles. The van der Waals surface area contributed by atoms with E-state index in [-0.39, 0.29) is 18.3 Å². The minimum Gasteiger partial charge on any atom is -0.487 e. The number of hydrogen-bond donors (Lipinski definition) is 3. The van der Waals surface area contributed by atoms with Gasteiger partial charge in [0.1, 0.15) is 18.1 Å². The lowest BCUT2D eigenvalue weighted by Crippen LogP contribution is -2.34. The molecule has 0 bridgehead atoms. The molecule has 8 nitrogen and oxygen atoms in total. The number of nitrogens with zero attached hydrogens (tertiary/aromatic N) is 1. The second-order valence-corrected chi connectivity index (χ2v) is 9.56. The number of carbonyl (C=O) groups is 1. The van der Waals surface area contributed by atoms with E-state index in [0.29, 0.717) is 24.3 Å². The molecular formula is C24H30F3N2O6P. The Hall–Kier alpha value is -2.88. The Morgan fingerprint density at radius 1 is 1.14 bits per heavy atom. The van der Waals surface area contributed by atoms with Crippen LogP contribution in [0.3, 0.4) is 0 Å². The molecule has 0 unspecified atom stereocenters. The standard InChI is InChI=1S/C24H30F3N2O6P/c1-2-3-4-5-23(30)29-19(11-13-36(31,32)33)14-18-6-8-21(9-7-18)34-16-20-15-22(10-12-28-20)35-17-24(25,26)27/h6-13,15,19H,2-5,14,16-17H2,1H3,(H,29,30)(H2,31,32,33)/b13-11+/t19-/m0/s1. The number of rotatable bonds is 14. The topological polar surface area (TPSA) is 118 Å². The molecule has 0 saturated heterocycles. The number of ether oxygens (including phenoxy) is 2. The van der Waals surface area contributed by atoms with Gasteiger partial charge in [0.15, 0.2) is 6.61 Å². The van der Waals surface area contributed by atoms with Gasteiger partial charge in [-0.05, 0) is 36.6 Å². The van der Waals surface area contributed by atoms with E-state index in [1.54, 1.807) is 24.3 Å². The van der Waals surface area contributed by atoms with E-state index in [9.17, 15) is 22.5 Å². The average molecular weight is 530 g/mol. The summed E-state index contributed by atoms with van der Waals surface area (Å²) in [6.07, 6.45) is 1.43. The Morgan fingerprint density at radius 2 is 1.86 bits per heavy atom. The van der Waals surface area contributed by atoms with Crippen LogP contribution in [0.4, 0.5) is 13.2 Å². The minimum atomic E-state index is -4.44. The number of alkyl halides is 3. The molecule has 1 amide bonds. The lowest BCUT2D eigenvalue weighted by molar-refractivity contribution is -0.153. The quantitative estimate of drug-likeness (QED) is 0.235. The highest BCUT2D eigenvalue weighted by Gasteiger charge is 2.28. The van der Waals surface area contributed by atoms with Crippen molar-refractivity contribution in [1.82, 2.24) is 10.3 Å². The first kappa shape index (κ1) is 29.4. The van der Waals surface area contributed by atoms with E-state index in [1.165, 1.54) is 24.4 Å². The van der Waals surface area contributed by atoms with Gasteiger partial charge < -0.3 is 24.6 Å². The van der Waals surface area contributed by atoms with E-state index in [2.05, 4.69) is 10.3 Å². The molecule has 1 atom stereocenters. The van der Waals surface area contributed by atoms with Gasteiger partial charge in [0.25, 0.3) is 0 Å². The summed E-state index contributed by atoms with van der Waals surface area (Å²) < 4.78 is 58.5. The molecule has 0 aliphatic carbocycles. The molecule has 3 N–H and O–H groups in total. The second-order valence-electron chi connectivity index (χ2n) is 8.09. The van der Waals surface area contributed by atoms with Gasteiger partial charge in [-0.25, -0.2) is 0 Å². The Kier molecular flexibility index (Phi) is 11.4. The zero-order valence-corrected chi connectivity index (χ0v) is 20.7. The molecule has 12 heteroatoms. The van der Waals surface area contributed by atoms with E-state index in [4.69, 9.17) is 19.3 Å². The first-order valence-electron chi connectivity index (χ1n) is 11.3. The van der Waals surface area contributed by atoms with Gasteiger partial charge in [-0.1, -0.05) is 38.0 Å². The zero-order chi connectivity index (χ0) is 26.6. The van der Waals surface area contributed by atoms with Crippen molar-refractivity contribution in [2.24, 2.45) is 0 Å². The fourth-order valence-corrected chi connectivity index (χ4v) is 3.55. The molecular weight excluding hydrogens is 500 g/mol. The van der Waals surface area contributed by atoms with Crippen LogP contribution in [0.2, 0.25) is 0 Å². The highest BCUT2D eigenvalue weighted by atomic mass is 31.2. The Balaban J connectivity index is 1.96. The summed E-state index contributed by atoms with van der Waals surface area (Å²) in [4.78, 5) is 34.5. The SMILES string of the molecule is CCCCCC(=O)N[C@@H](/C=C/P(=O)(O)O)Cc1ccc(OCc2cc(OCC(F)(F)F)ccn2)cc1. The third-order valence-electron chi connectivity index (χ3n) is 4.82. The van der Waals surface area contributed by atoms with Crippen molar-refractivity contribution in [2.75, 3.05) is 6.61 Å². The molecule has 36 heavy (non-hydrogen) atoms. The van der Waals surface area contributed by atoms with Crippen LogP contribution in [-0.4, -0.2) is 39.5 Å². The molecule has 2 rings (SSSR count). The van der Waals surface area contributed by atoms with Crippen LogP contribution in [0.5, 0.6) is 11.5 Å². The molecule has 0 aliphatic heterocycles. The average Bonchev–Trinajstić information content (AvgIpc) is 2.80. The van der Waals surface area contributed by atoms with Crippen LogP contribution in [0.25, 0.3) is 0 Å². The Labute approximate surface area is 207 Å². The van der Waals surface area contributed by atoms with Gasteiger partial charge in [-0.2, -0.15) is 13.2 Å². The van der Waals surface area contributed by atoms with Crippen molar-refractivity contribution in [1.29, 1.82) is 0 Å². The van der Waals surface area contributed by atoms with Crippen molar-refractivity contribution in [2.45, 2.75) is 57.9 Å². The van der Waals surface area contributed by atoms with Gasteiger partial charge in [-0.15, -0.1) is 0 Å². The molecule has 1 heterocycles. The molecule has 2 aromatic rings. The lowest BCUT2D eigenvalue weighted by Gasteiger charge is -2.16. The third-order valence-corrected chi connectivity index (χ3v) is 5.38. The fraction of sp³-hybridized carbons (Fsp3) is 0.417. The lowest BCUT2D eigenvalue weighted by atomic mass is 10.1. The molecule has 198 valence electrons. The summed E-state index contributed by atoms with van der Waals surface area (Å²) in [5.41, 5.74) is 1.17. The first-order valence-corrected chi connectivity index (χ1v) is 13.0. The number of aromatic nitrogens is 1. The van der Waals surface area contributed by atoms with Gasteiger partial charge in [0.05, 0.1) is 11.7 Å². The summed E-state index contributed by atoms with van der Waals surface area (Å²) >= 11 is 0. The van der Waals surface area contributed by atoms with Gasteiger partial charge in [-0.3, -0.25) is 14.3 Å². The van der Waals surface area contributed by atoms with E-state index < -0.39 is 26.4 Å². The summed E-state index contributed by atoms with van der Waals surface area (Å²) in [5.74, 6) is 1.09. The molecule has 0 spiro atoms. The molecule has 0 radical (unpaired) electrons. The second kappa shape index (κ2) is 14.0. The van der Waals surface area contributed by atoms with Crippen LogP contribution in [0, 0.1) is 0 Å². The van der Waals surface area contributed by atoms with Crippen molar-refractivity contribution in [3.8, 4) is 11.5 Å². The summed E-state index contributed by atoms with van der Waals surface area (Å²) in [5, 5.41) is 2.79. The maximum absolute atomic E-state index is 12.3. The van der Waals surface area contributed by atoms with Crippen LogP contribution in [0.15, 0.2) is 54.5 Å². The van der Waals surface area contributed by atoms with Crippen molar-refractivity contribution in [3.63, 3.8) is 0 Å². The van der Waals surface area contributed by atoms with Gasteiger partial charge >= 0.3 is 13.8 Å². The minimum absolute atomic E-state index is 0.00400. The van der Waals surface area contributed by atoms with Crippen LogP contribution in [-0.2, 0) is 22.4 Å². The highest BCUT2D eigenvalue weighted by Crippen LogP contribution is 2.36. The Morgan fingerprint density at radius 3 is 2.50 bits per heavy atom. The summed E-state index contributed by atoms with van der Waals surface area (Å²) in [6, 6.07) is 8.91. The molecule has 0 fully saturated rings. The van der Waals surface area contributed by atoms with Crippen molar-refractivity contribution < 1.29 is 41.8 Å². The van der Waals surface area contributed by atoms with E-state index in [1.807, 2.05) is 6.92 Å². The normalized spacial score (nSPS) is 12.9. The Bertz CT molecular complexity index is 1040. The summed E-state index contributed by atoms with van der Waals surface area (Å²) in [6.45, 7) is 0.629. The number of halogens is 3. The molecule has 1 aromatic carbocycles. The number of benzene rings is 1. The fourth-order valence-electron chi connectivity index (χ4n) is 3.12. The predicted octanol–water partition coefficient (Wildman–Crippen LogP) is 4.90. The van der Waals surface area contributed by atoms with Crippen LogP contribution >= 0.6 is 7.60 Å². The van der Waals surface area contributed by atoms with E-state index >= 15 is 0 Å². The number of unbranched alkanes of at least 4 members (excludes halogenated alkanes) is 2. The maximum Gasteiger partial charge on any atom is 0.422 e. The number of pyridine rings is 1. The monoisotopic (exact) mass is 530 g/mol. The van der Waals surface area contributed by atoms with Crippen molar-refractivity contribution >= 4 is 13.5 Å². The number of nitrogens with one attached hydrogen (secondary N) is 1. The molecule has 0 aliphatic rings. The predicted molar refractivity (Wildman–Crippen MR) is 128 cm³/mol. The van der Waals surface area contributed by atoms with Crippen LogP contribution in [0.1, 0.15) is 43.9 Å². The summed E-state index contributed by atoms with van der Waals surface area (Å²) in [7, 11) is -4.38. The number of hydrogen-bond acceptors (Lipinski definition) is 5. The maximum atomic E-state index is 12.3. The van der Waals surface area contributed by atoms with Crippen molar-refractivity contribution in [3.05, 3.63) is 65.7 Å². The van der Waals surface area contributed by atoms with E-state index in [0.717, 1.165) is 30.6 Å². The van der Waals surface area contributed by atoms with Crippen LogP contribution < -0.4 is 14.8 Å². The smallest absolute Gasteiger partial charge is 0.422 e. The number of carbonyl (C=O) groups excluding carboxylic acids is 1. The zero-order valence-electron chi connectivity index (χ0n) is 19.8.